The van der Waals surface area contributed by atoms with Gasteiger partial charge in [0.2, 0.25) is 0 Å². The standard InChI is InChI=1S/C40H38Cl2O2S/c1-23-19-27(21-31(37(23)43)39(3,4)5)35(25-9-13-29(41)14-10-25)33-17-18-34(45-33)36(26-11-15-30(42)16-12-26)28-20-24(2)38(44)32(22-28)40(6,7)8/h9-22H,1-8H3/b35-27-,36-28-. The Morgan fingerprint density at radius 2 is 0.867 bits per heavy atom. The SMILES string of the molecule is CC1=C/C(=C(\c2ccc(Cl)cc2)c2ccc(/C(=C3/C=C(C)C(=O)C(C(C)(C)C)=C3)c3ccc(Cl)cc3)s2)C=C(C(C)(C)C)C1=O. The van der Waals surface area contributed by atoms with E-state index in [0.717, 1.165) is 65.5 Å². The largest absolute Gasteiger partial charge is 0.289 e. The van der Waals surface area contributed by atoms with Gasteiger partial charge in [-0.1, -0.05) is 89.0 Å². The molecule has 0 amide bonds. The average molecular weight is 654 g/mol. The van der Waals surface area contributed by atoms with Crippen molar-refractivity contribution in [2.24, 2.45) is 10.8 Å². The van der Waals surface area contributed by atoms with E-state index in [0.29, 0.717) is 10.0 Å². The Hall–Kier alpha value is -3.50. The van der Waals surface area contributed by atoms with Crippen molar-refractivity contribution in [3.05, 3.63) is 149 Å². The van der Waals surface area contributed by atoms with E-state index < -0.39 is 0 Å². The number of carbonyl (C=O) groups is 2. The van der Waals surface area contributed by atoms with Crippen LogP contribution in [0.25, 0.3) is 11.1 Å². The Labute approximate surface area is 281 Å². The van der Waals surface area contributed by atoms with Gasteiger partial charge in [0.15, 0.2) is 11.6 Å². The number of rotatable bonds is 4. The van der Waals surface area contributed by atoms with Gasteiger partial charge in [0, 0.05) is 42.1 Å². The maximum absolute atomic E-state index is 13.2. The molecule has 230 valence electrons. The van der Waals surface area contributed by atoms with Gasteiger partial charge in [-0.2, -0.15) is 0 Å². The third-order valence-electron chi connectivity index (χ3n) is 8.11. The molecule has 1 heterocycles. The molecule has 5 heteroatoms. The second-order valence-electron chi connectivity index (χ2n) is 13.8. The molecule has 0 fully saturated rings. The highest BCUT2D eigenvalue weighted by molar-refractivity contribution is 7.14. The molecule has 2 aliphatic rings. The van der Waals surface area contributed by atoms with Crippen LogP contribution in [0.1, 0.15) is 76.3 Å². The number of carbonyl (C=O) groups excluding carboxylic acids is 2. The zero-order valence-corrected chi connectivity index (χ0v) is 29.4. The molecule has 3 aromatic rings. The highest BCUT2D eigenvalue weighted by atomic mass is 35.5. The van der Waals surface area contributed by atoms with E-state index in [4.69, 9.17) is 23.2 Å². The maximum atomic E-state index is 13.2. The summed E-state index contributed by atoms with van der Waals surface area (Å²) in [5.41, 5.74) is 8.47. The molecular weight excluding hydrogens is 615 g/mol. The Balaban J connectivity index is 1.80. The second-order valence-corrected chi connectivity index (χ2v) is 15.7. The first-order valence-corrected chi connectivity index (χ1v) is 16.6. The van der Waals surface area contributed by atoms with Crippen molar-refractivity contribution in [1.29, 1.82) is 0 Å². The molecule has 0 saturated carbocycles. The Bertz CT molecular complexity index is 1750. The number of halogens is 2. The fourth-order valence-corrected chi connectivity index (χ4v) is 7.13. The van der Waals surface area contributed by atoms with Gasteiger partial charge in [0.1, 0.15) is 0 Å². The van der Waals surface area contributed by atoms with Gasteiger partial charge >= 0.3 is 0 Å². The molecule has 5 rings (SSSR count). The number of hydrogen-bond donors (Lipinski definition) is 0. The number of thiophene rings is 1. The molecule has 0 aliphatic heterocycles. The van der Waals surface area contributed by atoms with Crippen molar-refractivity contribution in [2.45, 2.75) is 55.4 Å². The van der Waals surface area contributed by atoms with Gasteiger partial charge in [0.05, 0.1) is 0 Å². The van der Waals surface area contributed by atoms with E-state index in [-0.39, 0.29) is 22.4 Å². The Kier molecular flexibility index (Phi) is 9.03. The molecule has 0 bridgehead atoms. The summed E-state index contributed by atoms with van der Waals surface area (Å²) in [7, 11) is 0. The summed E-state index contributed by atoms with van der Waals surface area (Å²) in [6.45, 7) is 16.2. The summed E-state index contributed by atoms with van der Waals surface area (Å²) in [4.78, 5) is 28.6. The van der Waals surface area contributed by atoms with Crippen LogP contribution in [-0.2, 0) is 9.59 Å². The van der Waals surface area contributed by atoms with Crippen LogP contribution in [0.2, 0.25) is 10.0 Å². The number of hydrogen-bond acceptors (Lipinski definition) is 3. The topological polar surface area (TPSA) is 34.1 Å². The molecule has 2 aliphatic carbocycles. The van der Waals surface area contributed by atoms with E-state index in [1.807, 2.05) is 74.5 Å². The normalized spacial score (nSPS) is 18.3. The average Bonchev–Trinajstić information content (AvgIpc) is 3.42. The lowest BCUT2D eigenvalue weighted by atomic mass is 9.77. The van der Waals surface area contributed by atoms with Crippen LogP contribution >= 0.6 is 34.5 Å². The first kappa shape index (κ1) is 32.9. The van der Waals surface area contributed by atoms with E-state index in [2.05, 4.69) is 65.8 Å². The highest BCUT2D eigenvalue weighted by Crippen LogP contribution is 2.43. The Morgan fingerprint density at radius 1 is 0.533 bits per heavy atom. The lowest BCUT2D eigenvalue weighted by Gasteiger charge is -2.26. The Morgan fingerprint density at radius 3 is 1.18 bits per heavy atom. The molecule has 0 N–H and O–H groups in total. The molecule has 0 saturated heterocycles. The van der Waals surface area contributed by atoms with Gasteiger partial charge < -0.3 is 0 Å². The molecule has 45 heavy (non-hydrogen) atoms. The van der Waals surface area contributed by atoms with Crippen LogP contribution in [0.4, 0.5) is 0 Å². The predicted molar refractivity (Wildman–Crippen MR) is 192 cm³/mol. The number of ketones is 2. The van der Waals surface area contributed by atoms with Gasteiger partial charge in [0.25, 0.3) is 0 Å². The molecule has 0 atom stereocenters. The molecule has 2 aromatic carbocycles. The maximum Gasteiger partial charge on any atom is 0.185 e. The molecule has 1 aromatic heterocycles. The molecule has 2 nitrogen and oxygen atoms in total. The third kappa shape index (κ3) is 6.87. The smallest absolute Gasteiger partial charge is 0.185 e. The van der Waals surface area contributed by atoms with Crippen molar-refractivity contribution in [3.63, 3.8) is 0 Å². The lowest BCUT2D eigenvalue weighted by molar-refractivity contribution is -0.113. The van der Waals surface area contributed by atoms with E-state index in [1.165, 1.54) is 0 Å². The van der Waals surface area contributed by atoms with E-state index in [9.17, 15) is 9.59 Å². The van der Waals surface area contributed by atoms with Crippen LogP contribution in [0.3, 0.4) is 0 Å². The molecule has 0 radical (unpaired) electrons. The van der Waals surface area contributed by atoms with Gasteiger partial charge in [-0.3, -0.25) is 9.59 Å². The van der Waals surface area contributed by atoms with Crippen molar-refractivity contribution < 1.29 is 9.59 Å². The monoisotopic (exact) mass is 652 g/mol. The minimum Gasteiger partial charge on any atom is -0.289 e. The van der Waals surface area contributed by atoms with Crippen LogP contribution in [-0.4, -0.2) is 11.6 Å². The number of allylic oxidation sites excluding steroid dienone is 10. The fraction of sp³-hybridized carbons (Fsp3) is 0.250. The first-order valence-electron chi connectivity index (χ1n) is 15.1. The summed E-state index contributed by atoms with van der Waals surface area (Å²) in [6, 6.07) is 20.0. The molecule has 0 spiro atoms. The summed E-state index contributed by atoms with van der Waals surface area (Å²) < 4.78 is 0. The third-order valence-corrected chi connectivity index (χ3v) is 9.73. The predicted octanol–water partition coefficient (Wildman–Crippen LogP) is 11.7. The minimum absolute atomic E-state index is 0.0822. The zero-order chi connectivity index (χ0) is 32.8. The van der Waals surface area contributed by atoms with Crippen molar-refractivity contribution in [1.82, 2.24) is 0 Å². The lowest BCUT2D eigenvalue weighted by Crippen LogP contribution is -2.21. The van der Waals surface area contributed by atoms with Crippen molar-refractivity contribution in [2.75, 3.05) is 0 Å². The zero-order valence-electron chi connectivity index (χ0n) is 27.1. The summed E-state index contributed by atoms with van der Waals surface area (Å²) >= 11 is 14.3. The first-order chi connectivity index (χ1) is 21.0. The second kappa shape index (κ2) is 12.4. The van der Waals surface area contributed by atoms with Gasteiger partial charge in [-0.15, -0.1) is 11.3 Å². The summed E-state index contributed by atoms with van der Waals surface area (Å²) in [5.74, 6) is 0.164. The van der Waals surface area contributed by atoms with Crippen molar-refractivity contribution >= 4 is 57.3 Å². The van der Waals surface area contributed by atoms with E-state index >= 15 is 0 Å². The van der Waals surface area contributed by atoms with Crippen molar-refractivity contribution in [3.8, 4) is 0 Å². The quantitative estimate of drug-likeness (QED) is 0.281. The highest BCUT2D eigenvalue weighted by Gasteiger charge is 2.30. The van der Waals surface area contributed by atoms with Crippen LogP contribution in [0.15, 0.2) is 118 Å². The fourth-order valence-electron chi connectivity index (χ4n) is 5.69. The summed E-state index contributed by atoms with van der Waals surface area (Å²) in [5, 5.41) is 1.33. The van der Waals surface area contributed by atoms with Crippen LogP contribution in [0, 0.1) is 10.8 Å². The molecular formula is C40H38Cl2O2S. The van der Waals surface area contributed by atoms with E-state index in [1.54, 1.807) is 11.3 Å². The van der Waals surface area contributed by atoms with Crippen LogP contribution in [0.5, 0.6) is 0 Å². The van der Waals surface area contributed by atoms with Crippen LogP contribution < -0.4 is 0 Å². The number of Topliss-reactive ketones (excluding diaryl/α,β-unsaturated/α-hetero) is 2. The van der Waals surface area contributed by atoms with Gasteiger partial charge in [-0.05, 0) is 119 Å². The summed E-state index contributed by atoms with van der Waals surface area (Å²) in [6.07, 6.45) is 8.09. The number of benzene rings is 2. The van der Waals surface area contributed by atoms with Gasteiger partial charge in [-0.25, -0.2) is 0 Å². The molecule has 0 unspecified atom stereocenters. The minimum atomic E-state index is -0.310.